The van der Waals surface area contributed by atoms with Gasteiger partial charge >= 0.3 is 5.97 Å². The van der Waals surface area contributed by atoms with Crippen LogP contribution in [0.3, 0.4) is 0 Å². The molecule has 0 aliphatic carbocycles. The summed E-state index contributed by atoms with van der Waals surface area (Å²) in [6.07, 6.45) is 1.24. The lowest BCUT2D eigenvalue weighted by atomic mass is 10.1. The van der Waals surface area contributed by atoms with Gasteiger partial charge in [0.15, 0.2) is 6.61 Å². The van der Waals surface area contributed by atoms with Crippen molar-refractivity contribution in [3.63, 3.8) is 0 Å². The van der Waals surface area contributed by atoms with Crippen LogP contribution in [0.5, 0.6) is 5.75 Å². The first kappa shape index (κ1) is 17.7. The topological polar surface area (TPSA) is 99.4 Å². The van der Waals surface area contributed by atoms with E-state index in [1.807, 2.05) is 0 Å². The van der Waals surface area contributed by atoms with Gasteiger partial charge in [0.05, 0.1) is 5.69 Å². The molecule has 7 heteroatoms. The van der Waals surface area contributed by atoms with Crippen molar-refractivity contribution in [2.24, 2.45) is 0 Å². The molecule has 0 saturated carbocycles. The maximum Gasteiger partial charge on any atom is 0.341 e. The van der Waals surface area contributed by atoms with E-state index in [2.05, 4.69) is 5.32 Å². The molecule has 0 aliphatic rings. The van der Waals surface area contributed by atoms with Gasteiger partial charge in [-0.05, 0) is 24.3 Å². The van der Waals surface area contributed by atoms with E-state index in [0.717, 1.165) is 0 Å². The molecule has 0 bridgehead atoms. The monoisotopic (exact) mass is 340 g/mol. The van der Waals surface area contributed by atoms with Crippen LogP contribution in [0.15, 0.2) is 54.1 Å². The van der Waals surface area contributed by atoms with Gasteiger partial charge in [0.1, 0.15) is 23.2 Å². The molecule has 0 radical (unpaired) electrons. The zero-order chi connectivity index (χ0) is 18.2. The fraction of sp³-hybridized carbons (Fsp3) is 0.0556. The third-order valence-electron chi connectivity index (χ3n) is 3.06. The van der Waals surface area contributed by atoms with Gasteiger partial charge in [0.25, 0.3) is 5.91 Å². The van der Waals surface area contributed by atoms with Gasteiger partial charge in [0.2, 0.25) is 0 Å². The smallest absolute Gasteiger partial charge is 0.341 e. The van der Waals surface area contributed by atoms with E-state index in [0.29, 0.717) is 5.56 Å². The quantitative estimate of drug-likeness (QED) is 0.622. The maximum atomic E-state index is 13.6. The summed E-state index contributed by atoms with van der Waals surface area (Å²) < 4.78 is 18.7. The summed E-state index contributed by atoms with van der Waals surface area (Å²) in [6, 6.07) is 13.6. The van der Waals surface area contributed by atoms with Crippen LogP contribution in [-0.4, -0.2) is 23.6 Å². The minimum absolute atomic E-state index is 0.0518. The lowest BCUT2D eigenvalue weighted by Gasteiger charge is -2.08. The fourth-order valence-corrected chi connectivity index (χ4v) is 1.93. The Balaban J connectivity index is 2.25. The first-order valence-corrected chi connectivity index (χ1v) is 7.12. The standard InChI is InChI=1S/C18H13FN2O4/c19-14-6-2-3-7-15(14)21-18(24)13(10-20)9-12-5-1-4-8-16(12)25-11-17(22)23/h1-9H,11H2,(H,21,24)(H,22,23)/b13-9+. The number of carboxylic acids is 1. The molecule has 2 aromatic carbocycles. The number of nitrogens with zero attached hydrogens (tertiary/aromatic N) is 1. The second kappa shape index (κ2) is 8.26. The Bertz CT molecular complexity index is 871. The number of ether oxygens (including phenoxy) is 1. The average Bonchev–Trinajstić information content (AvgIpc) is 2.60. The molecule has 0 unspecified atom stereocenters. The zero-order valence-corrected chi connectivity index (χ0v) is 12.9. The number of anilines is 1. The van der Waals surface area contributed by atoms with Gasteiger partial charge in [-0.15, -0.1) is 0 Å². The minimum Gasteiger partial charge on any atom is -0.481 e. The molecule has 0 spiro atoms. The number of nitrogens with one attached hydrogen (secondary N) is 1. The Morgan fingerprint density at radius 1 is 1.20 bits per heavy atom. The number of amides is 1. The van der Waals surface area contributed by atoms with Gasteiger partial charge < -0.3 is 15.2 Å². The van der Waals surface area contributed by atoms with E-state index < -0.39 is 24.3 Å². The maximum absolute atomic E-state index is 13.6. The first-order valence-electron chi connectivity index (χ1n) is 7.12. The molecule has 2 aromatic rings. The highest BCUT2D eigenvalue weighted by Crippen LogP contribution is 2.22. The number of carboxylic acid groups (broad SMARTS) is 1. The third kappa shape index (κ3) is 4.91. The number of carbonyl (C=O) groups excluding carboxylic acids is 1. The number of benzene rings is 2. The molecular weight excluding hydrogens is 327 g/mol. The van der Waals surface area contributed by atoms with Gasteiger partial charge in [-0.2, -0.15) is 5.26 Å². The molecular formula is C18H13FN2O4. The number of hydrogen-bond donors (Lipinski definition) is 2. The zero-order valence-electron chi connectivity index (χ0n) is 12.9. The summed E-state index contributed by atoms with van der Waals surface area (Å²) in [5.74, 6) is -2.37. The number of aliphatic carboxylic acids is 1. The summed E-state index contributed by atoms with van der Waals surface area (Å²) in [5.41, 5.74) is 0.0164. The van der Waals surface area contributed by atoms with Crippen LogP contribution in [-0.2, 0) is 9.59 Å². The summed E-state index contributed by atoms with van der Waals surface area (Å²) in [7, 11) is 0. The van der Waals surface area contributed by atoms with E-state index in [-0.39, 0.29) is 17.0 Å². The summed E-state index contributed by atoms with van der Waals surface area (Å²) in [6.45, 7) is -0.561. The Kier molecular flexibility index (Phi) is 5.85. The van der Waals surface area contributed by atoms with Crippen LogP contribution in [0.1, 0.15) is 5.56 Å². The summed E-state index contributed by atoms with van der Waals surface area (Å²) in [5, 5.41) is 20.2. The number of hydrogen-bond acceptors (Lipinski definition) is 4. The van der Waals surface area contributed by atoms with Crippen molar-refractivity contribution in [2.45, 2.75) is 0 Å². The van der Waals surface area contributed by atoms with Gasteiger partial charge in [-0.25, -0.2) is 9.18 Å². The lowest BCUT2D eigenvalue weighted by molar-refractivity contribution is -0.139. The summed E-state index contributed by atoms with van der Waals surface area (Å²) in [4.78, 5) is 22.8. The highest BCUT2D eigenvalue weighted by Gasteiger charge is 2.13. The Hall–Kier alpha value is -3.66. The predicted molar refractivity (Wildman–Crippen MR) is 88.2 cm³/mol. The Morgan fingerprint density at radius 3 is 2.56 bits per heavy atom. The summed E-state index contributed by atoms with van der Waals surface area (Å²) >= 11 is 0. The van der Waals surface area contributed by atoms with Crippen LogP contribution in [0, 0.1) is 17.1 Å². The van der Waals surface area contributed by atoms with E-state index in [9.17, 15) is 19.2 Å². The Morgan fingerprint density at radius 2 is 1.88 bits per heavy atom. The first-order chi connectivity index (χ1) is 12.0. The molecule has 0 heterocycles. The molecule has 2 N–H and O–H groups in total. The molecule has 0 fully saturated rings. The van der Waals surface area contributed by atoms with Crippen molar-refractivity contribution < 1.29 is 23.8 Å². The van der Waals surface area contributed by atoms with Crippen molar-refractivity contribution in [1.29, 1.82) is 5.26 Å². The Labute approximate surface area is 142 Å². The van der Waals surface area contributed by atoms with Gasteiger partial charge in [-0.1, -0.05) is 30.3 Å². The van der Waals surface area contributed by atoms with Crippen molar-refractivity contribution in [3.8, 4) is 11.8 Å². The predicted octanol–water partition coefficient (Wildman–Crippen LogP) is 2.83. The van der Waals surface area contributed by atoms with Crippen molar-refractivity contribution >= 4 is 23.6 Å². The van der Waals surface area contributed by atoms with E-state index in [1.165, 1.54) is 30.3 Å². The largest absolute Gasteiger partial charge is 0.481 e. The minimum atomic E-state index is -1.16. The second-order valence-corrected chi connectivity index (χ2v) is 4.82. The van der Waals surface area contributed by atoms with Crippen LogP contribution < -0.4 is 10.1 Å². The van der Waals surface area contributed by atoms with Crippen molar-refractivity contribution in [3.05, 3.63) is 65.5 Å². The number of halogens is 1. The lowest BCUT2D eigenvalue weighted by Crippen LogP contribution is -2.14. The highest BCUT2D eigenvalue weighted by atomic mass is 19.1. The normalized spacial score (nSPS) is 10.6. The molecule has 2 rings (SSSR count). The molecule has 6 nitrogen and oxygen atoms in total. The number of carbonyl (C=O) groups is 2. The van der Waals surface area contributed by atoms with Crippen LogP contribution >= 0.6 is 0 Å². The van der Waals surface area contributed by atoms with E-state index in [4.69, 9.17) is 9.84 Å². The van der Waals surface area contributed by atoms with Crippen molar-refractivity contribution in [1.82, 2.24) is 0 Å². The number of nitriles is 1. The molecule has 126 valence electrons. The third-order valence-corrected chi connectivity index (χ3v) is 3.06. The van der Waals surface area contributed by atoms with Gasteiger partial charge in [-0.3, -0.25) is 4.79 Å². The average molecular weight is 340 g/mol. The highest BCUT2D eigenvalue weighted by molar-refractivity contribution is 6.09. The van der Waals surface area contributed by atoms with E-state index >= 15 is 0 Å². The fourth-order valence-electron chi connectivity index (χ4n) is 1.93. The molecule has 1 amide bonds. The molecule has 0 aliphatic heterocycles. The SMILES string of the molecule is N#C/C(=C\c1ccccc1OCC(=O)O)C(=O)Nc1ccccc1F. The van der Waals surface area contributed by atoms with Crippen LogP contribution in [0.2, 0.25) is 0 Å². The number of para-hydroxylation sites is 2. The van der Waals surface area contributed by atoms with Crippen molar-refractivity contribution in [2.75, 3.05) is 11.9 Å². The second-order valence-electron chi connectivity index (χ2n) is 4.82. The number of rotatable bonds is 6. The molecule has 0 saturated heterocycles. The van der Waals surface area contributed by atoms with Crippen LogP contribution in [0.25, 0.3) is 6.08 Å². The van der Waals surface area contributed by atoms with E-state index in [1.54, 1.807) is 30.3 Å². The molecule has 0 aromatic heterocycles. The molecule has 0 atom stereocenters. The molecule has 25 heavy (non-hydrogen) atoms. The van der Waals surface area contributed by atoms with Gasteiger partial charge in [0, 0.05) is 5.56 Å². The van der Waals surface area contributed by atoms with Crippen LogP contribution in [0.4, 0.5) is 10.1 Å².